The molecule has 5 rings (SSSR count). The molecule has 5 aliphatic rings. The molecular weight excluding hydrogens is 1060 g/mol. The number of hydrogen-bond acceptors (Lipinski definition) is 30. The second-order valence-electron chi connectivity index (χ2n) is 19.0. The third-order valence-electron chi connectivity index (χ3n) is 13.5. The molecule has 0 aromatic carbocycles. The molecule has 5 saturated heterocycles. The quantitative estimate of drug-likeness (QED) is 0.0479. The fourth-order valence-corrected chi connectivity index (χ4v) is 9.64. The van der Waals surface area contributed by atoms with Gasteiger partial charge in [0.25, 0.3) is 11.6 Å². The summed E-state index contributed by atoms with van der Waals surface area (Å²) >= 11 is 0. The third kappa shape index (κ3) is 13.9. The molecule has 0 spiro atoms. The van der Waals surface area contributed by atoms with Gasteiger partial charge < -0.3 is 150 Å². The van der Waals surface area contributed by atoms with Crippen molar-refractivity contribution in [2.24, 2.45) is 0 Å². The number of ether oxygens (including phenoxy) is 9. The molecule has 77 heavy (non-hydrogen) atoms. The Morgan fingerprint density at radius 3 is 1.30 bits per heavy atom. The van der Waals surface area contributed by atoms with Crippen LogP contribution in [0.5, 0.6) is 0 Å². The number of carboxylic acids is 2. The Balaban J connectivity index is 1.53. The van der Waals surface area contributed by atoms with Crippen molar-refractivity contribution < 1.29 is 159 Å². The van der Waals surface area contributed by atoms with Crippen LogP contribution < -0.4 is 16.0 Å². The number of carbonyl (C=O) groups is 5. The molecule has 21 N–H and O–H groups in total. The first-order chi connectivity index (χ1) is 36.0. The average Bonchev–Trinajstić information content (AvgIpc) is 3.37. The number of hydrogen-bond donors (Lipinski definition) is 21. The SMILES string of the molecule is CC(=O)N[C@H]1[C@H](O[C@@H]2[C@H](O[C@]3(C(=O)O)C[C@H](O)[C@@H](NC(C)=O)[C@H]([C@H](O)[C@H](O)CO)O3)[C@@H](O)[C@H](O)O[C@@H]2CO)O[C@H](CO)[C@H](O)[C@@H]1O[C@@H]1O[C@H](CO)[C@H](O)[C@H](O[C@]2(C(=O)O)C[C@H](O)[C@@H](NC(C)=O)[C@H]([C@H](O)[C@H](O)CO)O2)[C@H]1O. The first-order valence-corrected chi connectivity index (χ1v) is 23.9. The van der Waals surface area contributed by atoms with Crippen LogP contribution in [0, 0.1) is 0 Å². The topological polar surface area (TPSA) is 569 Å². The van der Waals surface area contributed by atoms with E-state index in [0.717, 1.165) is 20.8 Å². The minimum absolute atomic E-state index is 0.847. The van der Waals surface area contributed by atoms with E-state index in [1.165, 1.54) is 0 Å². The number of aliphatic hydroxyl groups excluding tert-OH is 16. The molecule has 27 atom stereocenters. The molecular formula is C42H69N3O32. The molecule has 5 heterocycles. The maximum absolute atomic E-state index is 13.2. The first kappa shape index (κ1) is 64.2. The second kappa shape index (κ2) is 26.7. The Morgan fingerprint density at radius 2 is 0.896 bits per heavy atom. The largest absolute Gasteiger partial charge is 0.477 e. The van der Waals surface area contributed by atoms with E-state index in [9.17, 15) is 116 Å². The average molecular weight is 1130 g/mol. The van der Waals surface area contributed by atoms with Gasteiger partial charge in [-0.25, -0.2) is 9.59 Å². The number of amides is 3. The van der Waals surface area contributed by atoms with Crippen LogP contribution in [0.3, 0.4) is 0 Å². The van der Waals surface area contributed by atoms with Crippen molar-refractivity contribution in [2.75, 3.05) is 33.0 Å². The van der Waals surface area contributed by atoms with Gasteiger partial charge in [0.1, 0.15) is 110 Å². The smallest absolute Gasteiger partial charge is 0.364 e. The fraction of sp³-hybridized carbons (Fsp3) is 0.881. The van der Waals surface area contributed by atoms with E-state index in [-0.39, 0.29) is 0 Å². The fourth-order valence-electron chi connectivity index (χ4n) is 9.64. The summed E-state index contributed by atoms with van der Waals surface area (Å²) in [6, 6.07) is -5.41. The molecule has 0 unspecified atom stereocenters. The number of rotatable bonds is 22. The number of aliphatic carboxylic acids is 2. The van der Waals surface area contributed by atoms with E-state index in [2.05, 4.69) is 16.0 Å². The Morgan fingerprint density at radius 1 is 0.506 bits per heavy atom. The standard InChI is InChI=1S/C42H69N3O32/c1-11(51)43-21-14(54)4-41(39(65)66,74-32(21)24(58)16(56)6-46)76-34-27(61)19(9-49)71-38(29(34)63)73-31-23(45-13(3)53)37(70-18(8-48)26(31)60)72-30-20(10-50)69-36(64)28(62)35(30)77-42(40(67)68)5-15(55)22(44-12(2)52)33(75-42)25(59)17(57)7-47/h14-38,46-50,54-64H,4-10H2,1-3H3,(H,43,51)(H,44,52)(H,45,53)(H,65,66)(H,67,68)/t14-,15-,16+,17+,18+,19+,20+,21+,22+,23+,24+,25+,26-,27-,28+,29+,30-,31+,32+,33+,34-,35+,36+,37-,38-,41-,42-/m0/s1. The summed E-state index contributed by atoms with van der Waals surface area (Å²) in [7, 11) is 0. The molecule has 0 saturated carbocycles. The number of carboxylic acid groups (broad SMARTS) is 2. The lowest BCUT2D eigenvalue weighted by molar-refractivity contribution is -0.394. The third-order valence-corrected chi connectivity index (χ3v) is 13.5. The van der Waals surface area contributed by atoms with Crippen molar-refractivity contribution in [2.45, 2.75) is 198 Å². The lowest BCUT2D eigenvalue weighted by Gasteiger charge is -2.52. The van der Waals surface area contributed by atoms with Crippen molar-refractivity contribution in [1.82, 2.24) is 16.0 Å². The zero-order valence-corrected chi connectivity index (χ0v) is 41.1. The Hall–Kier alpha value is -3.65. The Kier molecular flexibility index (Phi) is 22.3. The van der Waals surface area contributed by atoms with Crippen LogP contribution in [0.4, 0.5) is 0 Å². The molecule has 35 heteroatoms. The molecule has 0 radical (unpaired) electrons. The minimum atomic E-state index is -3.28. The Labute approximate surface area is 434 Å². The van der Waals surface area contributed by atoms with Crippen molar-refractivity contribution in [3.63, 3.8) is 0 Å². The van der Waals surface area contributed by atoms with Gasteiger partial charge in [-0.05, 0) is 0 Å². The molecule has 0 aliphatic carbocycles. The van der Waals surface area contributed by atoms with Crippen molar-refractivity contribution >= 4 is 29.7 Å². The molecule has 0 bridgehead atoms. The molecule has 0 aromatic heterocycles. The van der Waals surface area contributed by atoms with Crippen molar-refractivity contribution in [1.29, 1.82) is 0 Å². The van der Waals surface area contributed by atoms with Gasteiger partial charge >= 0.3 is 11.9 Å². The summed E-state index contributed by atoms with van der Waals surface area (Å²) in [5, 5.41) is 200. The highest BCUT2D eigenvalue weighted by Gasteiger charge is 2.63. The van der Waals surface area contributed by atoms with Gasteiger partial charge in [0.2, 0.25) is 17.7 Å². The van der Waals surface area contributed by atoms with Gasteiger partial charge in [0.15, 0.2) is 18.9 Å². The normalized spacial score (nSPS) is 43.2. The van der Waals surface area contributed by atoms with Crippen LogP contribution in [-0.4, -0.2) is 319 Å². The van der Waals surface area contributed by atoms with Crippen LogP contribution >= 0.6 is 0 Å². The Bertz CT molecular complexity index is 2000. The highest BCUT2D eigenvalue weighted by Crippen LogP contribution is 2.41. The summed E-state index contributed by atoms with van der Waals surface area (Å²) in [6.45, 7) is -3.03. The molecule has 444 valence electrons. The number of carbonyl (C=O) groups excluding carboxylic acids is 3. The molecule has 0 aromatic rings. The zero-order valence-electron chi connectivity index (χ0n) is 41.1. The van der Waals surface area contributed by atoms with Crippen LogP contribution in [0.2, 0.25) is 0 Å². The second-order valence-corrected chi connectivity index (χ2v) is 19.0. The van der Waals surface area contributed by atoms with E-state index in [4.69, 9.17) is 42.6 Å². The minimum Gasteiger partial charge on any atom is -0.477 e. The van der Waals surface area contributed by atoms with Gasteiger partial charge in [-0.3, -0.25) is 14.4 Å². The van der Waals surface area contributed by atoms with Crippen LogP contribution in [0.25, 0.3) is 0 Å². The highest BCUT2D eigenvalue weighted by atomic mass is 16.8. The monoisotopic (exact) mass is 1130 g/mol. The van der Waals surface area contributed by atoms with Gasteiger partial charge in [0.05, 0.1) is 57.3 Å². The van der Waals surface area contributed by atoms with Gasteiger partial charge in [-0.2, -0.15) is 0 Å². The summed E-state index contributed by atoms with van der Waals surface area (Å²) in [5.41, 5.74) is 0. The van der Waals surface area contributed by atoms with Crippen LogP contribution in [-0.2, 0) is 66.6 Å². The van der Waals surface area contributed by atoms with E-state index < -0.39 is 240 Å². The lowest BCUT2D eigenvalue weighted by Crippen LogP contribution is -2.72. The summed E-state index contributed by atoms with van der Waals surface area (Å²) in [5.74, 6) is -13.5. The van der Waals surface area contributed by atoms with Crippen LogP contribution in [0.15, 0.2) is 0 Å². The van der Waals surface area contributed by atoms with E-state index in [1.807, 2.05) is 0 Å². The zero-order chi connectivity index (χ0) is 57.8. The van der Waals surface area contributed by atoms with E-state index >= 15 is 0 Å². The van der Waals surface area contributed by atoms with Crippen molar-refractivity contribution in [3.8, 4) is 0 Å². The lowest BCUT2D eigenvalue weighted by atomic mass is 9.88. The van der Waals surface area contributed by atoms with E-state index in [1.54, 1.807) is 0 Å². The number of nitrogens with one attached hydrogen (secondary N) is 3. The summed E-state index contributed by atoms with van der Waals surface area (Å²) in [6.07, 6.45) is -50.6. The van der Waals surface area contributed by atoms with Crippen molar-refractivity contribution in [3.05, 3.63) is 0 Å². The molecule has 5 aliphatic heterocycles. The predicted molar refractivity (Wildman–Crippen MR) is 236 cm³/mol. The predicted octanol–water partition coefficient (Wildman–Crippen LogP) is -13.1. The molecule has 5 fully saturated rings. The van der Waals surface area contributed by atoms with Gasteiger partial charge in [-0.15, -0.1) is 0 Å². The molecule has 35 nitrogen and oxygen atoms in total. The van der Waals surface area contributed by atoms with Gasteiger partial charge in [0, 0.05) is 33.6 Å². The first-order valence-electron chi connectivity index (χ1n) is 23.9. The summed E-state index contributed by atoms with van der Waals surface area (Å²) < 4.78 is 51.6. The number of aliphatic hydroxyl groups is 16. The van der Waals surface area contributed by atoms with Gasteiger partial charge in [-0.1, -0.05) is 0 Å². The molecule has 3 amide bonds. The maximum Gasteiger partial charge on any atom is 0.364 e. The summed E-state index contributed by atoms with van der Waals surface area (Å²) in [4.78, 5) is 63.4. The highest BCUT2D eigenvalue weighted by molar-refractivity contribution is 5.77. The van der Waals surface area contributed by atoms with E-state index in [0.29, 0.717) is 0 Å². The maximum atomic E-state index is 13.2. The van der Waals surface area contributed by atoms with Crippen LogP contribution in [0.1, 0.15) is 33.6 Å².